The standard InChI is InChI=1S/C16H19NO4/c1-4-15(18)21-12(3)17-14(11-16(19)20-5-2)13-9-7-6-8-10-13/h4,6-12,17H,1,5H2,2-3H3/b14-11-. The van der Waals surface area contributed by atoms with Crippen LogP contribution in [0.15, 0.2) is 49.1 Å². The molecule has 1 aromatic carbocycles. The minimum atomic E-state index is -0.614. The van der Waals surface area contributed by atoms with E-state index >= 15 is 0 Å². The number of rotatable bonds is 7. The third-order valence-electron chi connectivity index (χ3n) is 2.45. The number of carbonyl (C=O) groups excluding carboxylic acids is 2. The van der Waals surface area contributed by atoms with Crippen molar-refractivity contribution in [2.24, 2.45) is 0 Å². The fraction of sp³-hybridized carbons (Fsp3) is 0.250. The third-order valence-corrected chi connectivity index (χ3v) is 2.45. The maximum atomic E-state index is 11.6. The number of esters is 2. The Morgan fingerprint density at radius 2 is 1.95 bits per heavy atom. The minimum absolute atomic E-state index is 0.290. The number of carbonyl (C=O) groups is 2. The van der Waals surface area contributed by atoms with E-state index in [2.05, 4.69) is 11.9 Å². The first-order valence-electron chi connectivity index (χ1n) is 6.60. The Balaban J connectivity index is 2.90. The van der Waals surface area contributed by atoms with Gasteiger partial charge in [0.1, 0.15) is 0 Å². The smallest absolute Gasteiger partial charge is 0.332 e. The molecule has 0 radical (unpaired) electrons. The third kappa shape index (κ3) is 5.95. The van der Waals surface area contributed by atoms with Crippen molar-refractivity contribution in [2.45, 2.75) is 20.1 Å². The second-order valence-electron chi connectivity index (χ2n) is 4.10. The van der Waals surface area contributed by atoms with E-state index in [0.717, 1.165) is 11.6 Å². The van der Waals surface area contributed by atoms with Gasteiger partial charge in [-0.25, -0.2) is 9.59 Å². The largest absolute Gasteiger partial charge is 0.463 e. The first-order chi connectivity index (χ1) is 10.1. The fourth-order valence-corrected chi connectivity index (χ4v) is 1.60. The average Bonchev–Trinajstić information content (AvgIpc) is 2.47. The van der Waals surface area contributed by atoms with Crippen molar-refractivity contribution in [1.29, 1.82) is 0 Å². The van der Waals surface area contributed by atoms with Gasteiger partial charge in [-0.1, -0.05) is 36.9 Å². The molecule has 0 saturated carbocycles. The Bertz CT molecular complexity index is 522. The van der Waals surface area contributed by atoms with Crippen molar-refractivity contribution in [3.05, 3.63) is 54.6 Å². The van der Waals surface area contributed by atoms with Crippen LogP contribution in [0.3, 0.4) is 0 Å². The van der Waals surface area contributed by atoms with Gasteiger partial charge < -0.3 is 14.8 Å². The summed E-state index contributed by atoms with van der Waals surface area (Å²) in [6.45, 7) is 7.01. The SMILES string of the molecule is C=CC(=O)OC(C)N/C(=C\C(=O)OCC)c1ccccc1. The van der Waals surface area contributed by atoms with Crippen molar-refractivity contribution in [1.82, 2.24) is 5.32 Å². The van der Waals surface area contributed by atoms with E-state index in [1.54, 1.807) is 13.8 Å². The molecule has 0 aliphatic carbocycles. The van der Waals surface area contributed by atoms with Crippen LogP contribution in [0.2, 0.25) is 0 Å². The molecule has 112 valence electrons. The monoisotopic (exact) mass is 289 g/mol. The number of hydrogen-bond acceptors (Lipinski definition) is 5. The summed E-state index contributed by atoms with van der Waals surface area (Å²) in [7, 11) is 0. The molecule has 0 aliphatic heterocycles. The van der Waals surface area contributed by atoms with Crippen molar-refractivity contribution >= 4 is 17.6 Å². The molecule has 5 nitrogen and oxygen atoms in total. The summed E-state index contributed by atoms with van der Waals surface area (Å²) >= 11 is 0. The summed E-state index contributed by atoms with van der Waals surface area (Å²) in [6.07, 6.45) is 1.79. The van der Waals surface area contributed by atoms with Crippen LogP contribution in [0.1, 0.15) is 19.4 Å². The summed E-state index contributed by atoms with van der Waals surface area (Å²) in [5.74, 6) is -1.01. The molecular weight excluding hydrogens is 270 g/mol. The zero-order valence-corrected chi connectivity index (χ0v) is 12.2. The topological polar surface area (TPSA) is 64.6 Å². The summed E-state index contributed by atoms with van der Waals surface area (Å²) in [6, 6.07) is 9.22. The maximum absolute atomic E-state index is 11.6. The summed E-state index contributed by atoms with van der Waals surface area (Å²) in [5, 5.41) is 2.96. The lowest BCUT2D eigenvalue weighted by Gasteiger charge is -2.18. The second kappa shape index (κ2) is 8.58. The molecule has 0 saturated heterocycles. The van der Waals surface area contributed by atoms with Gasteiger partial charge in [0.15, 0.2) is 6.23 Å². The number of ether oxygens (including phenoxy) is 2. The molecule has 0 aliphatic rings. The Labute approximate surface area is 124 Å². The highest BCUT2D eigenvalue weighted by atomic mass is 16.6. The molecule has 1 aromatic rings. The first-order valence-corrected chi connectivity index (χ1v) is 6.60. The molecule has 1 atom stereocenters. The van der Waals surface area contributed by atoms with Gasteiger partial charge in [-0.05, 0) is 19.4 Å². The van der Waals surface area contributed by atoms with E-state index in [9.17, 15) is 9.59 Å². The van der Waals surface area contributed by atoms with Crippen molar-refractivity contribution < 1.29 is 19.1 Å². The van der Waals surface area contributed by atoms with E-state index in [0.29, 0.717) is 12.3 Å². The van der Waals surface area contributed by atoms with Gasteiger partial charge in [0.05, 0.1) is 12.3 Å². The van der Waals surface area contributed by atoms with E-state index in [1.807, 2.05) is 30.3 Å². The van der Waals surface area contributed by atoms with E-state index in [1.165, 1.54) is 6.08 Å². The lowest BCUT2D eigenvalue weighted by Crippen LogP contribution is -2.29. The van der Waals surface area contributed by atoms with Crippen LogP contribution >= 0.6 is 0 Å². The molecule has 1 N–H and O–H groups in total. The van der Waals surface area contributed by atoms with Crippen molar-refractivity contribution in [3.63, 3.8) is 0 Å². The van der Waals surface area contributed by atoms with Gasteiger partial charge in [-0.15, -0.1) is 0 Å². The Morgan fingerprint density at radius 3 is 2.52 bits per heavy atom. The highest BCUT2D eigenvalue weighted by molar-refractivity contribution is 5.91. The lowest BCUT2D eigenvalue weighted by atomic mass is 10.1. The number of benzene rings is 1. The second-order valence-corrected chi connectivity index (χ2v) is 4.10. The number of nitrogens with one attached hydrogen (secondary N) is 1. The normalized spacial score (nSPS) is 12.2. The molecule has 1 unspecified atom stereocenters. The summed E-state index contributed by atoms with van der Waals surface area (Å²) in [4.78, 5) is 22.8. The molecule has 0 bridgehead atoms. The summed E-state index contributed by atoms with van der Waals surface area (Å²) < 4.78 is 9.93. The van der Waals surface area contributed by atoms with Crippen molar-refractivity contribution in [2.75, 3.05) is 6.61 Å². The predicted molar refractivity (Wildman–Crippen MR) is 79.9 cm³/mol. The Hall–Kier alpha value is -2.56. The van der Waals surface area contributed by atoms with Gasteiger partial charge in [0, 0.05) is 12.2 Å². The molecule has 21 heavy (non-hydrogen) atoms. The van der Waals surface area contributed by atoms with Crippen LogP contribution < -0.4 is 5.32 Å². The lowest BCUT2D eigenvalue weighted by molar-refractivity contribution is -0.142. The van der Waals surface area contributed by atoms with Crippen LogP contribution in [0.4, 0.5) is 0 Å². The predicted octanol–water partition coefficient (Wildman–Crippen LogP) is 2.26. The van der Waals surface area contributed by atoms with Crippen LogP contribution in [0.5, 0.6) is 0 Å². The van der Waals surface area contributed by atoms with Gasteiger partial charge in [-0.2, -0.15) is 0 Å². The minimum Gasteiger partial charge on any atom is -0.463 e. The zero-order valence-electron chi connectivity index (χ0n) is 12.2. The Kier molecular flexibility index (Phi) is 6.74. The number of hydrogen-bond donors (Lipinski definition) is 1. The van der Waals surface area contributed by atoms with Crippen LogP contribution in [0, 0.1) is 0 Å². The fourth-order valence-electron chi connectivity index (χ4n) is 1.60. The van der Waals surface area contributed by atoms with Gasteiger partial charge >= 0.3 is 11.9 Å². The molecule has 1 rings (SSSR count). The molecule has 0 fully saturated rings. The van der Waals surface area contributed by atoms with Gasteiger partial charge in [-0.3, -0.25) is 0 Å². The van der Waals surface area contributed by atoms with E-state index in [4.69, 9.17) is 9.47 Å². The van der Waals surface area contributed by atoms with Gasteiger partial charge in [0.25, 0.3) is 0 Å². The highest BCUT2D eigenvalue weighted by Gasteiger charge is 2.11. The quantitative estimate of drug-likeness (QED) is 0.474. The molecule has 0 amide bonds. The molecule has 5 heteroatoms. The van der Waals surface area contributed by atoms with Crippen LogP contribution in [-0.4, -0.2) is 24.8 Å². The maximum Gasteiger partial charge on any atom is 0.332 e. The first kappa shape index (κ1) is 16.5. The van der Waals surface area contributed by atoms with Crippen molar-refractivity contribution in [3.8, 4) is 0 Å². The summed E-state index contributed by atoms with van der Waals surface area (Å²) in [5.41, 5.74) is 1.30. The van der Waals surface area contributed by atoms with E-state index in [-0.39, 0.29) is 0 Å². The molecule has 0 spiro atoms. The van der Waals surface area contributed by atoms with E-state index < -0.39 is 18.2 Å². The van der Waals surface area contributed by atoms with Crippen LogP contribution in [0.25, 0.3) is 5.70 Å². The van der Waals surface area contributed by atoms with Gasteiger partial charge in [0.2, 0.25) is 0 Å². The highest BCUT2D eigenvalue weighted by Crippen LogP contribution is 2.12. The average molecular weight is 289 g/mol. The molecule has 0 heterocycles. The Morgan fingerprint density at radius 1 is 1.29 bits per heavy atom. The zero-order chi connectivity index (χ0) is 15.7. The van der Waals surface area contributed by atoms with Crippen LogP contribution in [-0.2, 0) is 19.1 Å². The molecule has 0 aromatic heterocycles. The molecular formula is C16H19NO4.